The van der Waals surface area contributed by atoms with Crippen molar-refractivity contribution in [2.45, 2.75) is 13.5 Å². The summed E-state index contributed by atoms with van der Waals surface area (Å²) in [5.74, 6) is 0.556. The average molecular weight is 337 g/mol. The van der Waals surface area contributed by atoms with E-state index in [0.717, 1.165) is 0 Å². The molecule has 2 aromatic rings. The lowest BCUT2D eigenvalue weighted by molar-refractivity contribution is 0.0970. The van der Waals surface area contributed by atoms with E-state index in [4.69, 9.17) is 4.74 Å². The summed E-state index contributed by atoms with van der Waals surface area (Å²) >= 11 is 3.10. The van der Waals surface area contributed by atoms with Gasteiger partial charge in [0.2, 0.25) is 0 Å². The third kappa shape index (κ3) is 3.33. The summed E-state index contributed by atoms with van der Waals surface area (Å²) in [7, 11) is 0. The number of Topliss-reactive ketones (excluding diaryl/α,β-unsaturated/α-hetero) is 1. The molecule has 1 aromatic heterocycles. The van der Waals surface area contributed by atoms with Gasteiger partial charge >= 0.3 is 0 Å². The zero-order valence-electron chi connectivity index (χ0n) is 10.9. The highest BCUT2D eigenvalue weighted by Crippen LogP contribution is 2.13. The lowest BCUT2D eigenvalue weighted by Crippen LogP contribution is -2.24. The number of aromatic nitrogens is 2. The van der Waals surface area contributed by atoms with Crippen LogP contribution in [0.4, 0.5) is 0 Å². The highest BCUT2D eigenvalue weighted by atomic mass is 79.9. The smallest absolute Gasteiger partial charge is 0.268 e. The summed E-state index contributed by atoms with van der Waals surface area (Å²) in [6, 6.07) is 6.84. The Morgan fingerprint density at radius 1 is 1.35 bits per heavy atom. The Morgan fingerprint density at radius 2 is 2.05 bits per heavy atom. The van der Waals surface area contributed by atoms with Crippen LogP contribution in [-0.2, 0) is 6.54 Å². The number of halogens is 1. The maximum atomic E-state index is 12.1. The van der Waals surface area contributed by atoms with Crippen molar-refractivity contribution in [1.82, 2.24) is 9.55 Å². The first-order valence-corrected chi connectivity index (χ1v) is 6.87. The molecule has 0 aliphatic heterocycles. The first-order chi connectivity index (χ1) is 9.61. The molecule has 104 valence electrons. The molecule has 20 heavy (non-hydrogen) atoms. The number of carbonyl (C=O) groups is 1. The van der Waals surface area contributed by atoms with Crippen LogP contribution in [0, 0.1) is 0 Å². The molecule has 0 spiro atoms. The molecule has 0 bridgehead atoms. The summed E-state index contributed by atoms with van der Waals surface area (Å²) in [4.78, 5) is 27.8. The van der Waals surface area contributed by atoms with Gasteiger partial charge in [0.15, 0.2) is 5.78 Å². The Hall–Kier alpha value is -1.95. The molecule has 6 heteroatoms. The number of rotatable bonds is 5. The molecule has 2 rings (SSSR count). The van der Waals surface area contributed by atoms with Crippen molar-refractivity contribution < 1.29 is 9.53 Å². The summed E-state index contributed by atoms with van der Waals surface area (Å²) in [5, 5.41) is 0. The minimum absolute atomic E-state index is 0.0424. The Kier molecular flexibility index (Phi) is 4.68. The molecule has 0 amide bonds. The first-order valence-electron chi connectivity index (χ1n) is 6.08. The molecule has 0 fully saturated rings. The third-order valence-electron chi connectivity index (χ3n) is 2.66. The molecular formula is C14H13BrN2O3. The highest BCUT2D eigenvalue weighted by Gasteiger charge is 2.09. The van der Waals surface area contributed by atoms with Gasteiger partial charge in [-0.2, -0.15) is 0 Å². The van der Waals surface area contributed by atoms with Crippen molar-refractivity contribution in [3.8, 4) is 5.75 Å². The van der Waals surface area contributed by atoms with Gasteiger partial charge < -0.3 is 4.74 Å². The second kappa shape index (κ2) is 6.47. The summed E-state index contributed by atoms with van der Waals surface area (Å²) < 4.78 is 6.91. The van der Waals surface area contributed by atoms with E-state index in [1.807, 2.05) is 6.92 Å². The summed E-state index contributed by atoms with van der Waals surface area (Å²) in [6.07, 6.45) is 2.75. The molecular weight excluding hydrogens is 324 g/mol. The molecule has 0 saturated heterocycles. The van der Waals surface area contributed by atoms with E-state index < -0.39 is 0 Å². The SMILES string of the molecule is CCOc1ccc(C(=O)Cn2cncc(Br)c2=O)cc1. The van der Waals surface area contributed by atoms with E-state index in [9.17, 15) is 9.59 Å². The molecule has 0 aliphatic carbocycles. The van der Waals surface area contributed by atoms with E-state index >= 15 is 0 Å². The van der Waals surface area contributed by atoms with E-state index in [0.29, 0.717) is 22.4 Å². The monoisotopic (exact) mass is 336 g/mol. The maximum absolute atomic E-state index is 12.1. The molecule has 0 radical (unpaired) electrons. The molecule has 0 aliphatic rings. The average Bonchev–Trinajstić information content (AvgIpc) is 2.45. The number of benzene rings is 1. The van der Waals surface area contributed by atoms with Gasteiger partial charge in [0.25, 0.3) is 5.56 Å². The van der Waals surface area contributed by atoms with Crippen LogP contribution in [0.1, 0.15) is 17.3 Å². The van der Waals surface area contributed by atoms with Crippen LogP contribution in [0.25, 0.3) is 0 Å². The zero-order chi connectivity index (χ0) is 14.5. The van der Waals surface area contributed by atoms with Gasteiger partial charge in [-0.3, -0.25) is 14.2 Å². The third-order valence-corrected chi connectivity index (χ3v) is 3.20. The van der Waals surface area contributed by atoms with Gasteiger partial charge in [0.1, 0.15) is 10.2 Å². The van der Waals surface area contributed by atoms with Crippen molar-refractivity contribution in [2.75, 3.05) is 6.61 Å². The van der Waals surface area contributed by atoms with Crippen LogP contribution in [-0.4, -0.2) is 21.9 Å². The van der Waals surface area contributed by atoms with Crippen molar-refractivity contribution in [3.63, 3.8) is 0 Å². The van der Waals surface area contributed by atoms with Crippen LogP contribution in [0.5, 0.6) is 5.75 Å². The minimum atomic E-state index is -0.278. The van der Waals surface area contributed by atoms with Gasteiger partial charge in [-0.15, -0.1) is 0 Å². The predicted molar refractivity (Wildman–Crippen MR) is 78.1 cm³/mol. The van der Waals surface area contributed by atoms with E-state index in [1.54, 1.807) is 24.3 Å². The highest BCUT2D eigenvalue weighted by molar-refractivity contribution is 9.10. The van der Waals surface area contributed by atoms with Gasteiger partial charge in [-0.05, 0) is 47.1 Å². The van der Waals surface area contributed by atoms with E-state index in [2.05, 4.69) is 20.9 Å². The van der Waals surface area contributed by atoms with Gasteiger partial charge in [0, 0.05) is 11.8 Å². The maximum Gasteiger partial charge on any atom is 0.268 e. The predicted octanol–water partition coefficient (Wildman–Crippen LogP) is 2.29. The fourth-order valence-corrected chi connectivity index (χ4v) is 2.03. The lowest BCUT2D eigenvalue weighted by atomic mass is 10.1. The number of ether oxygens (including phenoxy) is 1. The Bertz CT molecular complexity index is 665. The van der Waals surface area contributed by atoms with Crippen LogP contribution < -0.4 is 10.3 Å². The van der Waals surface area contributed by atoms with Crippen LogP contribution >= 0.6 is 15.9 Å². The number of ketones is 1. The van der Waals surface area contributed by atoms with Crippen LogP contribution in [0.15, 0.2) is 46.1 Å². The molecule has 0 N–H and O–H groups in total. The molecule has 1 heterocycles. The van der Waals surface area contributed by atoms with Crippen molar-refractivity contribution in [2.24, 2.45) is 0 Å². The molecule has 5 nitrogen and oxygen atoms in total. The lowest BCUT2D eigenvalue weighted by Gasteiger charge is -2.06. The van der Waals surface area contributed by atoms with Crippen LogP contribution in [0.3, 0.4) is 0 Å². The largest absolute Gasteiger partial charge is 0.494 e. The van der Waals surface area contributed by atoms with Crippen LogP contribution in [0.2, 0.25) is 0 Å². The van der Waals surface area contributed by atoms with E-state index in [1.165, 1.54) is 17.1 Å². The fraction of sp³-hybridized carbons (Fsp3) is 0.214. The first kappa shape index (κ1) is 14.5. The standard InChI is InChI=1S/C14H13BrN2O3/c1-2-20-11-5-3-10(4-6-11)13(18)8-17-9-16-7-12(15)14(17)19/h3-7,9H,2,8H2,1H3. The Balaban J connectivity index is 2.15. The molecule has 0 saturated carbocycles. The van der Waals surface area contributed by atoms with Gasteiger partial charge in [0.05, 0.1) is 19.5 Å². The van der Waals surface area contributed by atoms with Gasteiger partial charge in [-0.25, -0.2) is 4.98 Å². The number of carbonyl (C=O) groups excluding carboxylic acids is 1. The second-order valence-electron chi connectivity index (χ2n) is 4.06. The second-order valence-corrected chi connectivity index (χ2v) is 4.91. The quantitative estimate of drug-likeness (QED) is 0.786. The van der Waals surface area contributed by atoms with E-state index in [-0.39, 0.29) is 17.9 Å². The minimum Gasteiger partial charge on any atom is -0.494 e. The molecule has 1 aromatic carbocycles. The molecule has 0 unspecified atom stereocenters. The molecule has 0 atom stereocenters. The summed E-state index contributed by atoms with van der Waals surface area (Å²) in [6.45, 7) is 2.43. The fourth-order valence-electron chi connectivity index (χ4n) is 1.69. The van der Waals surface area contributed by atoms with Crippen molar-refractivity contribution >= 4 is 21.7 Å². The summed E-state index contributed by atoms with van der Waals surface area (Å²) in [5.41, 5.74) is 0.250. The zero-order valence-corrected chi connectivity index (χ0v) is 12.5. The number of hydrogen-bond donors (Lipinski definition) is 0. The van der Waals surface area contributed by atoms with Crippen molar-refractivity contribution in [1.29, 1.82) is 0 Å². The Labute approximate surface area is 124 Å². The van der Waals surface area contributed by atoms with Gasteiger partial charge in [-0.1, -0.05) is 0 Å². The normalized spacial score (nSPS) is 10.3. The Morgan fingerprint density at radius 3 is 2.70 bits per heavy atom. The topological polar surface area (TPSA) is 61.2 Å². The number of nitrogens with zero attached hydrogens (tertiary/aromatic N) is 2. The van der Waals surface area contributed by atoms with Crippen molar-refractivity contribution in [3.05, 3.63) is 57.2 Å². The number of hydrogen-bond acceptors (Lipinski definition) is 4.